The Bertz CT molecular complexity index is 54.1. The summed E-state index contributed by atoms with van der Waals surface area (Å²) in [5, 5.41) is 9.56. The van der Waals surface area contributed by atoms with E-state index in [1.165, 1.54) is 7.05 Å². The summed E-state index contributed by atoms with van der Waals surface area (Å²) in [6.07, 6.45) is -0.995. The van der Waals surface area contributed by atoms with Gasteiger partial charge in [-0.15, -0.1) is 0 Å². The zero-order valence-corrected chi connectivity index (χ0v) is 3.97. The molecule has 0 aliphatic rings. The molecule has 2 N–H and O–H groups in total. The molecule has 0 atom stereocenters. The highest BCUT2D eigenvalue weighted by molar-refractivity contribution is 5.63. The van der Waals surface area contributed by atoms with Gasteiger partial charge in [-0.2, -0.15) is 0 Å². The molecule has 0 fully saturated rings. The maximum absolute atomic E-state index is 9.26. The van der Waals surface area contributed by atoms with Gasteiger partial charge in [0.1, 0.15) is 6.79 Å². The van der Waals surface area contributed by atoms with Crippen molar-refractivity contribution < 1.29 is 14.7 Å². The topological polar surface area (TPSA) is 66.4 Å². The van der Waals surface area contributed by atoms with Gasteiger partial charge in [0.15, 0.2) is 0 Å². The molecule has 0 heterocycles. The lowest BCUT2D eigenvalue weighted by molar-refractivity contribution is -0.0979. The lowest BCUT2D eigenvalue weighted by Crippen LogP contribution is -2.13. The largest absolute Gasteiger partial charge is 0.465 e. The number of nitrogens with one attached hydrogen (secondary N) is 1. The van der Waals surface area contributed by atoms with Crippen LogP contribution in [0.4, 0.5) is 4.79 Å². The molecule has 0 aliphatic heterocycles. The summed E-state index contributed by atoms with van der Waals surface area (Å²) in [4.78, 5) is 17.3. The van der Waals surface area contributed by atoms with Crippen LogP contribution in [0, 0.1) is 0 Å². The summed E-state index contributed by atoms with van der Waals surface area (Å²) in [6.45, 7) is 2.00. The summed E-state index contributed by atoms with van der Waals surface area (Å²) in [5.41, 5.74) is 0. The van der Waals surface area contributed by atoms with Crippen LogP contribution in [0.2, 0.25) is 0 Å². The van der Waals surface area contributed by atoms with Crippen molar-refractivity contribution in [2.75, 3.05) is 7.05 Å². The van der Waals surface area contributed by atoms with Crippen LogP contribution in [-0.2, 0) is 4.79 Å². The fraction of sp³-hybridized carbons (Fsp3) is 0.333. The van der Waals surface area contributed by atoms with E-state index >= 15 is 0 Å². The van der Waals surface area contributed by atoms with Gasteiger partial charge in [0.2, 0.25) is 0 Å². The lowest BCUT2D eigenvalue weighted by atomic mass is 11.1. The third-order valence-electron chi connectivity index (χ3n) is 0.214. The van der Waals surface area contributed by atoms with Gasteiger partial charge in [0.25, 0.3) is 0 Å². The number of hydrogen-bond acceptors (Lipinski definition) is 2. The van der Waals surface area contributed by atoms with Gasteiger partial charge in [-0.25, -0.2) is 4.79 Å². The minimum atomic E-state index is -0.995. The van der Waals surface area contributed by atoms with Crippen LogP contribution in [0.3, 0.4) is 0 Å². The van der Waals surface area contributed by atoms with Crippen LogP contribution in [0.5, 0.6) is 0 Å². The van der Waals surface area contributed by atoms with Gasteiger partial charge in [-0.1, -0.05) is 0 Å². The molecule has 4 heteroatoms. The maximum atomic E-state index is 9.26. The molecular weight excluding hydrogens is 98.0 g/mol. The number of rotatable bonds is 0. The van der Waals surface area contributed by atoms with Crippen molar-refractivity contribution in [2.24, 2.45) is 0 Å². The first-order valence-corrected chi connectivity index (χ1v) is 1.47. The molecule has 0 saturated carbocycles. The first-order chi connectivity index (χ1) is 3.27. The standard InChI is InChI=1S/C2H5NO2.CH2O/c1-3-2(4)5;1-2/h3H,1H3,(H,4,5);1H2. The van der Waals surface area contributed by atoms with Gasteiger partial charge in [-0.05, 0) is 0 Å². The van der Waals surface area contributed by atoms with Crippen molar-refractivity contribution in [3.05, 3.63) is 0 Å². The molecule has 0 saturated heterocycles. The minimum Gasteiger partial charge on any atom is -0.465 e. The van der Waals surface area contributed by atoms with Crippen LogP contribution in [-0.4, -0.2) is 25.0 Å². The first-order valence-electron chi connectivity index (χ1n) is 1.47. The Morgan fingerprint density at radius 1 is 1.71 bits per heavy atom. The van der Waals surface area contributed by atoms with Gasteiger partial charge >= 0.3 is 6.09 Å². The second-order valence-corrected chi connectivity index (χ2v) is 0.555. The lowest BCUT2D eigenvalue weighted by Gasteiger charge is -1.78. The highest BCUT2D eigenvalue weighted by atomic mass is 16.4. The van der Waals surface area contributed by atoms with Crippen molar-refractivity contribution in [1.29, 1.82) is 0 Å². The van der Waals surface area contributed by atoms with Crippen LogP contribution in [0.25, 0.3) is 0 Å². The van der Waals surface area contributed by atoms with Crippen molar-refractivity contribution in [3.63, 3.8) is 0 Å². The van der Waals surface area contributed by atoms with Gasteiger partial charge in [0.05, 0.1) is 0 Å². The van der Waals surface area contributed by atoms with E-state index < -0.39 is 6.09 Å². The normalized spacial score (nSPS) is 5.29. The molecule has 0 aliphatic carbocycles. The molecule has 0 unspecified atom stereocenters. The van der Waals surface area contributed by atoms with E-state index in [-0.39, 0.29) is 0 Å². The smallest absolute Gasteiger partial charge is 0.404 e. The molecule has 0 rings (SSSR count). The zero-order valence-electron chi connectivity index (χ0n) is 3.97. The number of hydrogen-bond donors (Lipinski definition) is 2. The molecule has 4 nitrogen and oxygen atoms in total. The fourth-order valence-corrected chi connectivity index (χ4v) is 0. The van der Waals surface area contributed by atoms with Crippen molar-refractivity contribution in [3.8, 4) is 0 Å². The van der Waals surface area contributed by atoms with E-state index in [4.69, 9.17) is 9.90 Å². The number of carboxylic acid groups (broad SMARTS) is 1. The molecule has 0 aromatic rings. The van der Waals surface area contributed by atoms with E-state index in [9.17, 15) is 4.79 Å². The van der Waals surface area contributed by atoms with E-state index in [2.05, 4.69) is 0 Å². The first kappa shape index (κ1) is 9.34. The SMILES string of the molecule is C=O.CNC(=O)O. The van der Waals surface area contributed by atoms with Crippen molar-refractivity contribution in [2.45, 2.75) is 0 Å². The second-order valence-electron chi connectivity index (χ2n) is 0.555. The molecule has 0 spiro atoms. The Balaban J connectivity index is 0. The van der Waals surface area contributed by atoms with E-state index in [1.807, 2.05) is 12.1 Å². The van der Waals surface area contributed by atoms with Gasteiger partial charge in [-0.3, -0.25) is 0 Å². The van der Waals surface area contributed by atoms with Crippen LogP contribution in [0.15, 0.2) is 0 Å². The Kier molecular flexibility index (Phi) is 11.8. The van der Waals surface area contributed by atoms with Crippen LogP contribution >= 0.6 is 0 Å². The summed E-state index contributed by atoms with van der Waals surface area (Å²) < 4.78 is 0. The highest BCUT2D eigenvalue weighted by Gasteiger charge is 1.76. The quantitative estimate of drug-likeness (QED) is 0.444. The maximum Gasteiger partial charge on any atom is 0.404 e. The predicted octanol–water partition coefficient (Wildman–Crippen LogP) is -0.301. The predicted molar refractivity (Wildman–Crippen MR) is 24.2 cm³/mol. The molecule has 0 bridgehead atoms. The molecule has 7 heavy (non-hydrogen) atoms. The Morgan fingerprint density at radius 2 is 1.86 bits per heavy atom. The minimum absolute atomic E-state index is 0.995. The zero-order chi connectivity index (χ0) is 6.28. The molecule has 42 valence electrons. The Morgan fingerprint density at radius 3 is 1.86 bits per heavy atom. The molecular formula is C3H7NO3. The highest BCUT2D eigenvalue weighted by Crippen LogP contribution is 1.45. The molecule has 0 radical (unpaired) electrons. The molecule has 0 aromatic carbocycles. The van der Waals surface area contributed by atoms with Gasteiger partial charge < -0.3 is 15.2 Å². The van der Waals surface area contributed by atoms with Crippen molar-refractivity contribution in [1.82, 2.24) is 5.32 Å². The second kappa shape index (κ2) is 8.87. The van der Waals surface area contributed by atoms with Crippen LogP contribution < -0.4 is 5.32 Å². The third-order valence-corrected chi connectivity index (χ3v) is 0.214. The van der Waals surface area contributed by atoms with Gasteiger partial charge in [0, 0.05) is 7.05 Å². The fourth-order valence-electron chi connectivity index (χ4n) is 0. The van der Waals surface area contributed by atoms with Crippen molar-refractivity contribution >= 4 is 12.9 Å². The third kappa shape index (κ3) is 48.3. The Labute approximate surface area is 41.1 Å². The van der Waals surface area contributed by atoms with E-state index in [1.54, 1.807) is 0 Å². The van der Waals surface area contributed by atoms with Crippen LogP contribution in [0.1, 0.15) is 0 Å². The monoisotopic (exact) mass is 105 g/mol. The Hall–Kier alpha value is -1.06. The molecule has 0 aromatic heterocycles. The average molecular weight is 105 g/mol. The van der Waals surface area contributed by atoms with E-state index in [0.717, 1.165) is 0 Å². The summed E-state index contributed by atoms with van der Waals surface area (Å²) in [7, 11) is 1.35. The number of amides is 1. The average Bonchev–Trinajstić information content (AvgIpc) is 1.73. The molecule has 1 amide bonds. The summed E-state index contributed by atoms with van der Waals surface area (Å²) in [6, 6.07) is 0. The summed E-state index contributed by atoms with van der Waals surface area (Å²) >= 11 is 0. The number of carbonyl (C=O) groups excluding carboxylic acids is 1. The van der Waals surface area contributed by atoms with E-state index in [0.29, 0.717) is 0 Å². The number of carbonyl (C=O) groups is 2. The summed E-state index contributed by atoms with van der Waals surface area (Å²) in [5.74, 6) is 0.